The normalized spacial score (nSPS) is 10.0. The topological polar surface area (TPSA) is 73.9 Å². The van der Waals surface area contributed by atoms with Crippen LogP contribution in [0, 0.1) is 0 Å². The van der Waals surface area contributed by atoms with Crippen molar-refractivity contribution in [3.63, 3.8) is 0 Å². The maximum atomic E-state index is 11.4. The largest absolute Gasteiger partial charge is 0.490 e. The zero-order valence-electron chi connectivity index (χ0n) is 13.9. The molecule has 6 nitrogen and oxygen atoms in total. The SMILES string of the molecule is CCOc1cc(C=O)cc(Br)c1OCc1ccccc1NC(=O)OC. The van der Waals surface area contributed by atoms with Crippen LogP contribution in [0.15, 0.2) is 40.9 Å². The molecule has 132 valence electrons. The standard InChI is InChI=1S/C18H18BrNO5/c1-3-24-16-9-12(10-21)8-14(19)17(16)25-11-13-6-4-5-7-15(13)20-18(22)23-2/h4-10H,3,11H2,1-2H3,(H,20,22). The smallest absolute Gasteiger partial charge is 0.411 e. The Bertz CT molecular complexity index is 763. The second-order valence-electron chi connectivity index (χ2n) is 4.94. The Morgan fingerprint density at radius 2 is 2.00 bits per heavy atom. The summed E-state index contributed by atoms with van der Waals surface area (Å²) in [5.41, 5.74) is 1.84. The number of carbonyl (C=O) groups is 2. The summed E-state index contributed by atoms with van der Waals surface area (Å²) in [6.45, 7) is 2.48. The molecule has 0 radical (unpaired) electrons. The van der Waals surface area contributed by atoms with Crippen LogP contribution in [0.5, 0.6) is 11.5 Å². The van der Waals surface area contributed by atoms with Gasteiger partial charge in [-0.25, -0.2) is 4.79 Å². The number of hydrogen-bond donors (Lipinski definition) is 1. The Kier molecular flexibility index (Phi) is 6.82. The van der Waals surface area contributed by atoms with Crippen LogP contribution in [-0.4, -0.2) is 26.1 Å². The molecule has 0 aromatic heterocycles. The van der Waals surface area contributed by atoms with Crippen molar-refractivity contribution < 1.29 is 23.8 Å². The van der Waals surface area contributed by atoms with Gasteiger partial charge in [0.25, 0.3) is 0 Å². The molecule has 7 heteroatoms. The van der Waals surface area contributed by atoms with Crippen molar-refractivity contribution in [2.24, 2.45) is 0 Å². The highest BCUT2D eigenvalue weighted by atomic mass is 79.9. The molecular formula is C18H18BrNO5. The van der Waals surface area contributed by atoms with E-state index in [2.05, 4.69) is 26.0 Å². The molecular weight excluding hydrogens is 390 g/mol. The van der Waals surface area contributed by atoms with Gasteiger partial charge in [0.1, 0.15) is 12.9 Å². The number of halogens is 1. The summed E-state index contributed by atoms with van der Waals surface area (Å²) >= 11 is 3.40. The van der Waals surface area contributed by atoms with Crippen LogP contribution in [0.25, 0.3) is 0 Å². The van der Waals surface area contributed by atoms with E-state index in [0.717, 1.165) is 11.8 Å². The highest BCUT2D eigenvalue weighted by Gasteiger charge is 2.14. The molecule has 0 aliphatic heterocycles. The third-order valence-electron chi connectivity index (χ3n) is 3.28. The first kappa shape index (κ1) is 18.8. The zero-order chi connectivity index (χ0) is 18.2. The highest BCUT2D eigenvalue weighted by molar-refractivity contribution is 9.10. The van der Waals surface area contributed by atoms with Crippen LogP contribution in [0.2, 0.25) is 0 Å². The lowest BCUT2D eigenvalue weighted by molar-refractivity contribution is 0.112. The first-order valence-electron chi connectivity index (χ1n) is 7.56. The molecule has 0 saturated carbocycles. The zero-order valence-corrected chi connectivity index (χ0v) is 15.5. The van der Waals surface area contributed by atoms with Gasteiger partial charge in [0.15, 0.2) is 11.5 Å². The lowest BCUT2D eigenvalue weighted by Gasteiger charge is -2.16. The van der Waals surface area contributed by atoms with Crippen LogP contribution in [-0.2, 0) is 11.3 Å². The first-order valence-corrected chi connectivity index (χ1v) is 8.35. The van der Waals surface area contributed by atoms with E-state index in [1.165, 1.54) is 7.11 Å². The number of methoxy groups -OCH3 is 1. The molecule has 0 aliphatic carbocycles. The number of benzene rings is 2. The molecule has 1 amide bonds. The van der Waals surface area contributed by atoms with Crippen molar-refractivity contribution in [2.45, 2.75) is 13.5 Å². The molecule has 0 spiro atoms. The van der Waals surface area contributed by atoms with Crippen molar-refractivity contribution in [3.8, 4) is 11.5 Å². The number of aldehydes is 1. The molecule has 0 saturated heterocycles. The quantitative estimate of drug-likeness (QED) is 0.687. The number of nitrogens with one attached hydrogen (secondary N) is 1. The Labute approximate surface area is 154 Å². The monoisotopic (exact) mass is 407 g/mol. The van der Waals surface area contributed by atoms with E-state index in [1.807, 2.05) is 19.1 Å². The number of para-hydroxylation sites is 1. The molecule has 2 rings (SSSR count). The third-order valence-corrected chi connectivity index (χ3v) is 3.87. The number of anilines is 1. The van der Waals surface area contributed by atoms with Crippen molar-refractivity contribution in [1.82, 2.24) is 0 Å². The van der Waals surface area contributed by atoms with Gasteiger partial charge in [0.05, 0.1) is 23.9 Å². The fourth-order valence-electron chi connectivity index (χ4n) is 2.14. The van der Waals surface area contributed by atoms with Crippen molar-refractivity contribution in [3.05, 3.63) is 52.0 Å². The van der Waals surface area contributed by atoms with Gasteiger partial charge in [-0.05, 0) is 41.1 Å². The molecule has 0 heterocycles. The average Bonchev–Trinajstić information content (AvgIpc) is 2.62. The average molecular weight is 408 g/mol. The molecule has 25 heavy (non-hydrogen) atoms. The Balaban J connectivity index is 2.24. The maximum absolute atomic E-state index is 11.4. The number of amides is 1. The van der Waals surface area contributed by atoms with E-state index in [4.69, 9.17) is 9.47 Å². The Hall–Kier alpha value is -2.54. The van der Waals surface area contributed by atoms with Gasteiger partial charge in [0, 0.05) is 11.1 Å². The second-order valence-corrected chi connectivity index (χ2v) is 5.80. The molecule has 2 aromatic rings. The summed E-state index contributed by atoms with van der Waals surface area (Å²) in [6, 6.07) is 10.5. The molecule has 1 N–H and O–H groups in total. The van der Waals surface area contributed by atoms with Crippen molar-refractivity contribution >= 4 is 34.0 Å². The van der Waals surface area contributed by atoms with Gasteiger partial charge in [-0.3, -0.25) is 10.1 Å². The number of rotatable bonds is 7. The summed E-state index contributed by atoms with van der Waals surface area (Å²) in [4.78, 5) is 22.4. The minimum absolute atomic E-state index is 0.194. The van der Waals surface area contributed by atoms with E-state index in [1.54, 1.807) is 24.3 Å². The summed E-state index contributed by atoms with van der Waals surface area (Å²) in [7, 11) is 1.30. The maximum Gasteiger partial charge on any atom is 0.411 e. The molecule has 0 atom stereocenters. The van der Waals surface area contributed by atoms with Gasteiger partial charge in [0.2, 0.25) is 0 Å². The van der Waals surface area contributed by atoms with E-state index in [-0.39, 0.29) is 6.61 Å². The van der Waals surface area contributed by atoms with Gasteiger partial charge in [-0.2, -0.15) is 0 Å². The third kappa shape index (κ3) is 4.96. The lowest BCUT2D eigenvalue weighted by Crippen LogP contribution is -2.13. The van der Waals surface area contributed by atoms with Crippen molar-refractivity contribution in [2.75, 3.05) is 19.0 Å². The second kappa shape index (κ2) is 9.08. The van der Waals surface area contributed by atoms with E-state index in [9.17, 15) is 9.59 Å². The number of hydrogen-bond acceptors (Lipinski definition) is 5. The summed E-state index contributed by atoms with van der Waals surface area (Å²) in [6.07, 6.45) is 0.186. The Morgan fingerprint density at radius 1 is 1.24 bits per heavy atom. The van der Waals surface area contributed by atoms with Gasteiger partial charge < -0.3 is 14.2 Å². The fraction of sp³-hybridized carbons (Fsp3) is 0.222. The summed E-state index contributed by atoms with van der Waals surface area (Å²) in [5.74, 6) is 0.956. The lowest BCUT2D eigenvalue weighted by atomic mass is 10.2. The summed E-state index contributed by atoms with van der Waals surface area (Å²) in [5, 5.41) is 2.64. The van der Waals surface area contributed by atoms with Crippen LogP contribution in [0.3, 0.4) is 0 Å². The number of ether oxygens (including phenoxy) is 3. The Morgan fingerprint density at radius 3 is 2.68 bits per heavy atom. The minimum atomic E-state index is -0.557. The van der Waals surface area contributed by atoms with Gasteiger partial charge >= 0.3 is 6.09 Å². The van der Waals surface area contributed by atoms with Crippen LogP contribution < -0.4 is 14.8 Å². The first-order chi connectivity index (χ1) is 12.1. The molecule has 0 unspecified atom stereocenters. The van der Waals surface area contributed by atoms with Crippen molar-refractivity contribution in [1.29, 1.82) is 0 Å². The minimum Gasteiger partial charge on any atom is -0.490 e. The molecule has 0 fully saturated rings. The fourth-order valence-corrected chi connectivity index (χ4v) is 2.71. The highest BCUT2D eigenvalue weighted by Crippen LogP contribution is 2.37. The predicted molar refractivity (Wildman–Crippen MR) is 97.5 cm³/mol. The van der Waals surface area contributed by atoms with Crippen LogP contribution >= 0.6 is 15.9 Å². The van der Waals surface area contributed by atoms with Gasteiger partial charge in [-0.1, -0.05) is 18.2 Å². The predicted octanol–water partition coefficient (Wildman–Crippen LogP) is 4.42. The van der Waals surface area contributed by atoms with Crippen LogP contribution in [0.4, 0.5) is 10.5 Å². The number of carbonyl (C=O) groups excluding carboxylic acids is 2. The summed E-state index contributed by atoms with van der Waals surface area (Å²) < 4.78 is 16.7. The van der Waals surface area contributed by atoms with E-state index >= 15 is 0 Å². The van der Waals surface area contributed by atoms with E-state index in [0.29, 0.717) is 33.8 Å². The van der Waals surface area contributed by atoms with E-state index < -0.39 is 6.09 Å². The molecule has 0 bridgehead atoms. The molecule has 2 aromatic carbocycles. The molecule has 0 aliphatic rings. The van der Waals surface area contributed by atoms with Gasteiger partial charge in [-0.15, -0.1) is 0 Å². The van der Waals surface area contributed by atoms with Crippen LogP contribution in [0.1, 0.15) is 22.8 Å².